The SMILES string of the molecule is CC(C)(C)c1ccc(C2=NC(c3ccc(Br)cc3)C3CCCC3S2)cc1. The number of fused-ring (bicyclic) bond motifs is 1. The quantitative estimate of drug-likeness (QED) is 0.495. The minimum absolute atomic E-state index is 0.191. The molecule has 1 nitrogen and oxygen atoms in total. The lowest BCUT2D eigenvalue weighted by Crippen LogP contribution is -2.25. The largest absolute Gasteiger partial charge is 0.269 e. The van der Waals surface area contributed by atoms with E-state index in [4.69, 9.17) is 4.99 Å². The predicted molar refractivity (Wildman–Crippen MR) is 117 cm³/mol. The molecule has 1 heterocycles. The van der Waals surface area contributed by atoms with E-state index in [1.54, 1.807) is 0 Å². The Bertz CT molecular complexity index is 802. The second kappa shape index (κ2) is 7.16. The van der Waals surface area contributed by atoms with Crippen LogP contribution in [0.25, 0.3) is 0 Å². The third-order valence-corrected chi connectivity index (χ3v) is 7.62. The van der Waals surface area contributed by atoms with E-state index in [0.717, 1.165) is 4.47 Å². The van der Waals surface area contributed by atoms with Crippen molar-refractivity contribution in [1.82, 2.24) is 0 Å². The van der Waals surface area contributed by atoms with Crippen LogP contribution in [0, 0.1) is 5.92 Å². The summed E-state index contributed by atoms with van der Waals surface area (Å²) in [5.74, 6) is 0.679. The van der Waals surface area contributed by atoms with Crippen LogP contribution in [0.5, 0.6) is 0 Å². The van der Waals surface area contributed by atoms with Gasteiger partial charge in [0.25, 0.3) is 0 Å². The van der Waals surface area contributed by atoms with Gasteiger partial charge in [-0.1, -0.05) is 79.5 Å². The molecule has 136 valence electrons. The zero-order chi connectivity index (χ0) is 18.3. The van der Waals surface area contributed by atoms with Gasteiger partial charge in [0.1, 0.15) is 0 Å². The molecule has 1 aliphatic carbocycles. The number of thioether (sulfide) groups is 1. The van der Waals surface area contributed by atoms with Crippen LogP contribution in [0.4, 0.5) is 0 Å². The summed E-state index contributed by atoms with van der Waals surface area (Å²) in [7, 11) is 0. The number of hydrogen-bond acceptors (Lipinski definition) is 2. The first kappa shape index (κ1) is 18.3. The fourth-order valence-corrected chi connectivity index (χ4v) is 5.84. The van der Waals surface area contributed by atoms with Crippen molar-refractivity contribution in [1.29, 1.82) is 0 Å². The summed E-state index contributed by atoms with van der Waals surface area (Å²) in [5.41, 5.74) is 4.20. The van der Waals surface area contributed by atoms with Gasteiger partial charge in [-0.05, 0) is 47.4 Å². The van der Waals surface area contributed by atoms with Crippen LogP contribution in [0.2, 0.25) is 0 Å². The fourth-order valence-electron chi connectivity index (χ4n) is 4.10. The molecule has 3 heteroatoms. The van der Waals surface area contributed by atoms with E-state index in [2.05, 4.69) is 85.2 Å². The second-order valence-corrected chi connectivity index (χ2v) is 10.7. The van der Waals surface area contributed by atoms with E-state index < -0.39 is 0 Å². The zero-order valence-electron chi connectivity index (χ0n) is 15.7. The Morgan fingerprint density at radius 3 is 2.31 bits per heavy atom. The first-order valence-electron chi connectivity index (χ1n) is 9.53. The third kappa shape index (κ3) is 3.66. The Kier molecular flexibility index (Phi) is 5.04. The fraction of sp³-hybridized carbons (Fsp3) is 0.435. The van der Waals surface area contributed by atoms with Gasteiger partial charge >= 0.3 is 0 Å². The van der Waals surface area contributed by atoms with Crippen LogP contribution >= 0.6 is 27.7 Å². The van der Waals surface area contributed by atoms with Gasteiger partial charge in [0.05, 0.1) is 11.1 Å². The van der Waals surface area contributed by atoms with E-state index in [0.29, 0.717) is 17.2 Å². The van der Waals surface area contributed by atoms with Crippen LogP contribution in [-0.4, -0.2) is 10.3 Å². The molecule has 0 amide bonds. The van der Waals surface area contributed by atoms with Gasteiger partial charge < -0.3 is 0 Å². The molecule has 0 N–H and O–H groups in total. The average Bonchev–Trinajstić information content (AvgIpc) is 3.10. The molecule has 3 unspecified atom stereocenters. The molecule has 3 atom stereocenters. The summed E-state index contributed by atoms with van der Waals surface area (Å²) >= 11 is 5.57. The van der Waals surface area contributed by atoms with Crippen LogP contribution in [0.3, 0.4) is 0 Å². The normalized spacial score (nSPS) is 25.7. The molecule has 1 fully saturated rings. The maximum absolute atomic E-state index is 5.25. The third-order valence-electron chi connectivity index (χ3n) is 5.64. The van der Waals surface area contributed by atoms with Crippen molar-refractivity contribution in [3.63, 3.8) is 0 Å². The Morgan fingerprint density at radius 2 is 1.65 bits per heavy atom. The number of benzene rings is 2. The first-order valence-corrected chi connectivity index (χ1v) is 11.2. The summed E-state index contributed by atoms with van der Waals surface area (Å²) in [6.07, 6.45) is 3.96. The van der Waals surface area contributed by atoms with Gasteiger partial charge in [0.2, 0.25) is 0 Å². The average molecular weight is 428 g/mol. The Morgan fingerprint density at radius 1 is 0.962 bits per heavy atom. The minimum atomic E-state index is 0.191. The maximum atomic E-state index is 5.25. The van der Waals surface area contributed by atoms with Gasteiger partial charge in [0.15, 0.2) is 0 Å². The van der Waals surface area contributed by atoms with Gasteiger partial charge in [-0.3, -0.25) is 4.99 Å². The highest BCUT2D eigenvalue weighted by Gasteiger charge is 2.39. The summed E-state index contributed by atoms with van der Waals surface area (Å²) in [6, 6.07) is 18.1. The molecule has 0 aromatic heterocycles. The lowest BCUT2D eigenvalue weighted by atomic mass is 9.87. The lowest BCUT2D eigenvalue weighted by Gasteiger charge is -2.32. The van der Waals surface area contributed by atoms with E-state index >= 15 is 0 Å². The van der Waals surface area contributed by atoms with Crippen molar-refractivity contribution in [3.8, 4) is 0 Å². The van der Waals surface area contributed by atoms with Gasteiger partial charge in [-0.25, -0.2) is 0 Å². The molecule has 1 aliphatic heterocycles. The molecule has 26 heavy (non-hydrogen) atoms. The van der Waals surface area contributed by atoms with Crippen molar-refractivity contribution >= 4 is 32.7 Å². The van der Waals surface area contributed by atoms with Crippen LogP contribution < -0.4 is 0 Å². The number of hydrogen-bond donors (Lipinski definition) is 0. The van der Waals surface area contributed by atoms with E-state index in [-0.39, 0.29) is 5.41 Å². The number of rotatable bonds is 2. The Labute approximate surface area is 169 Å². The van der Waals surface area contributed by atoms with Gasteiger partial charge in [-0.2, -0.15) is 0 Å². The molecule has 2 aromatic rings. The van der Waals surface area contributed by atoms with Crippen molar-refractivity contribution in [2.75, 3.05) is 0 Å². The van der Waals surface area contributed by atoms with Gasteiger partial charge in [-0.15, -0.1) is 11.8 Å². The molecular weight excluding hydrogens is 402 g/mol. The molecule has 0 bridgehead atoms. The molecule has 2 aliphatic rings. The summed E-state index contributed by atoms with van der Waals surface area (Å²) in [6.45, 7) is 6.80. The number of halogens is 1. The van der Waals surface area contributed by atoms with E-state index in [9.17, 15) is 0 Å². The molecular formula is C23H26BrNS. The van der Waals surface area contributed by atoms with E-state index in [1.807, 2.05) is 11.8 Å². The zero-order valence-corrected chi connectivity index (χ0v) is 18.1. The molecule has 2 aromatic carbocycles. The standard InChI is InChI=1S/C23H26BrNS/c1-23(2,3)17-11-7-16(8-12-17)22-25-21(15-9-13-18(24)14-10-15)19-5-4-6-20(19)26-22/h7-14,19-21H,4-6H2,1-3H3. The lowest BCUT2D eigenvalue weighted by molar-refractivity contribution is 0.453. The number of aliphatic imine (C=N–C) groups is 1. The summed E-state index contributed by atoms with van der Waals surface area (Å²) in [5, 5.41) is 1.93. The highest BCUT2D eigenvalue weighted by Crippen LogP contribution is 2.49. The number of nitrogens with zero attached hydrogens (tertiary/aromatic N) is 1. The van der Waals surface area contributed by atoms with Crippen molar-refractivity contribution < 1.29 is 0 Å². The van der Waals surface area contributed by atoms with E-state index in [1.165, 1.54) is 41.0 Å². The second-order valence-electron chi connectivity index (χ2n) is 8.51. The molecule has 0 spiro atoms. The van der Waals surface area contributed by atoms with Crippen LogP contribution in [0.1, 0.15) is 62.8 Å². The van der Waals surface area contributed by atoms with Crippen molar-refractivity contribution in [2.45, 2.75) is 56.7 Å². The van der Waals surface area contributed by atoms with Gasteiger partial charge in [0, 0.05) is 15.3 Å². The summed E-state index contributed by atoms with van der Waals surface area (Å²) < 4.78 is 1.14. The minimum Gasteiger partial charge on any atom is -0.269 e. The Hall–Kier alpha value is -1.06. The topological polar surface area (TPSA) is 12.4 Å². The summed E-state index contributed by atoms with van der Waals surface area (Å²) in [4.78, 5) is 5.25. The van der Waals surface area contributed by atoms with Crippen LogP contribution in [0.15, 0.2) is 58.0 Å². The van der Waals surface area contributed by atoms with Crippen LogP contribution in [-0.2, 0) is 5.41 Å². The maximum Gasteiger partial charge on any atom is 0.0987 e. The monoisotopic (exact) mass is 427 g/mol. The predicted octanol–water partition coefficient (Wildman–Crippen LogP) is 7.15. The molecule has 0 saturated heterocycles. The Balaban J connectivity index is 1.69. The highest BCUT2D eigenvalue weighted by atomic mass is 79.9. The molecule has 0 radical (unpaired) electrons. The van der Waals surface area contributed by atoms with Crippen molar-refractivity contribution in [3.05, 3.63) is 69.7 Å². The first-order chi connectivity index (χ1) is 12.4. The van der Waals surface area contributed by atoms with Crippen molar-refractivity contribution in [2.24, 2.45) is 10.9 Å². The molecule has 4 rings (SSSR count). The smallest absolute Gasteiger partial charge is 0.0987 e. The highest BCUT2D eigenvalue weighted by molar-refractivity contribution is 9.10. The molecule has 1 saturated carbocycles.